The number of oxazole rings is 1. The van der Waals surface area contributed by atoms with Crippen molar-refractivity contribution in [1.82, 2.24) is 9.88 Å². The van der Waals surface area contributed by atoms with Crippen molar-refractivity contribution in [2.75, 3.05) is 38.2 Å². The van der Waals surface area contributed by atoms with Crippen molar-refractivity contribution < 1.29 is 9.15 Å². The molecule has 2 aromatic carbocycles. The molecular formula is C19H20ClN3O2. The number of anilines is 1. The number of nitrogens with zero attached hydrogens (tertiary/aromatic N) is 2. The molecule has 1 atom stereocenters. The molecule has 0 aliphatic carbocycles. The third-order valence-corrected chi connectivity index (χ3v) is 4.73. The minimum Gasteiger partial charge on any atom is -0.424 e. The molecule has 1 aromatic heterocycles. The van der Waals surface area contributed by atoms with Crippen LogP contribution in [0.2, 0.25) is 5.02 Å². The molecule has 2 heterocycles. The quantitative estimate of drug-likeness (QED) is 0.748. The Morgan fingerprint density at radius 2 is 1.84 bits per heavy atom. The van der Waals surface area contributed by atoms with Gasteiger partial charge in [-0.2, -0.15) is 4.98 Å². The zero-order chi connectivity index (χ0) is 17.1. The molecule has 4 rings (SSSR count). The Balaban J connectivity index is 1.53. The molecule has 0 radical (unpaired) electrons. The molecule has 1 aliphatic rings. The summed E-state index contributed by atoms with van der Waals surface area (Å²) < 4.78 is 11.3. The van der Waals surface area contributed by atoms with Gasteiger partial charge in [0.2, 0.25) is 0 Å². The third kappa shape index (κ3) is 3.79. The van der Waals surface area contributed by atoms with E-state index >= 15 is 0 Å². The molecule has 1 N–H and O–H groups in total. The van der Waals surface area contributed by atoms with Crippen molar-refractivity contribution in [3.8, 4) is 0 Å². The molecule has 0 saturated carbocycles. The van der Waals surface area contributed by atoms with Gasteiger partial charge in [0.1, 0.15) is 5.52 Å². The van der Waals surface area contributed by atoms with Crippen molar-refractivity contribution in [2.45, 2.75) is 6.04 Å². The van der Waals surface area contributed by atoms with E-state index in [-0.39, 0.29) is 6.04 Å². The average Bonchev–Trinajstić information content (AvgIpc) is 3.07. The first-order valence-electron chi connectivity index (χ1n) is 8.46. The molecule has 1 aliphatic heterocycles. The van der Waals surface area contributed by atoms with Gasteiger partial charge >= 0.3 is 0 Å². The van der Waals surface area contributed by atoms with Crippen LogP contribution in [0.5, 0.6) is 0 Å². The molecule has 1 saturated heterocycles. The van der Waals surface area contributed by atoms with E-state index in [1.165, 1.54) is 5.56 Å². The summed E-state index contributed by atoms with van der Waals surface area (Å²) in [6.45, 7) is 4.03. The first-order valence-corrected chi connectivity index (χ1v) is 8.84. The summed E-state index contributed by atoms with van der Waals surface area (Å²) in [5.74, 6) is 0. The van der Waals surface area contributed by atoms with Crippen LogP contribution in [0.4, 0.5) is 6.01 Å². The summed E-state index contributed by atoms with van der Waals surface area (Å²) in [5.41, 5.74) is 2.87. The van der Waals surface area contributed by atoms with Crippen LogP contribution in [0, 0.1) is 0 Å². The summed E-state index contributed by atoms with van der Waals surface area (Å²) in [7, 11) is 0. The molecule has 25 heavy (non-hydrogen) atoms. The van der Waals surface area contributed by atoms with Crippen LogP contribution in [-0.4, -0.2) is 42.7 Å². The van der Waals surface area contributed by atoms with Gasteiger partial charge in [0.05, 0.1) is 19.3 Å². The maximum Gasteiger partial charge on any atom is 0.295 e. The van der Waals surface area contributed by atoms with E-state index in [2.05, 4.69) is 27.3 Å². The molecule has 0 spiro atoms. The van der Waals surface area contributed by atoms with Gasteiger partial charge in [-0.1, -0.05) is 35.9 Å². The highest BCUT2D eigenvalue weighted by molar-refractivity contribution is 6.30. The van der Waals surface area contributed by atoms with Crippen molar-refractivity contribution >= 4 is 28.7 Å². The van der Waals surface area contributed by atoms with E-state index < -0.39 is 0 Å². The molecule has 130 valence electrons. The second-order valence-electron chi connectivity index (χ2n) is 6.08. The second-order valence-corrected chi connectivity index (χ2v) is 6.52. The van der Waals surface area contributed by atoms with Gasteiger partial charge in [0, 0.05) is 24.7 Å². The monoisotopic (exact) mass is 357 g/mol. The van der Waals surface area contributed by atoms with Crippen molar-refractivity contribution in [2.24, 2.45) is 0 Å². The normalized spacial score (nSPS) is 16.8. The Morgan fingerprint density at radius 3 is 2.60 bits per heavy atom. The molecule has 6 heteroatoms. The summed E-state index contributed by atoms with van der Waals surface area (Å²) in [5, 5.41) is 4.10. The highest BCUT2D eigenvalue weighted by atomic mass is 35.5. The zero-order valence-electron chi connectivity index (χ0n) is 13.8. The number of aromatic nitrogens is 1. The smallest absolute Gasteiger partial charge is 0.295 e. The van der Waals surface area contributed by atoms with Crippen molar-refractivity contribution in [1.29, 1.82) is 0 Å². The Bertz CT molecular complexity index is 795. The van der Waals surface area contributed by atoms with E-state index in [1.54, 1.807) is 0 Å². The van der Waals surface area contributed by atoms with Gasteiger partial charge in [-0.3, -0.25) is 4.90 Å². The highest BCUT2D eigenvalue weighted by Crippen LogP contribution is 2.25. The number of ether oxygens (including phenoxy) is 1. The van der Waals surface area contributed by atoms with E-state index in [0.717, 1.165) is 42.4 Å². The third-order valence-electron chi connectivity index (χ3n) is 4.48. The first-order chi connectivity index (χ1) is 12.3. The predicted octanol–water partition coefficient (Wildman–Crippen LogP) is 3.97. The number of fused-ring (bicyclic) bond motifs is 1. The first kappa shape index (κ1) is 16.4. The maximum atomic E-state index is 6.05. The highest BCUT2D eigenvalue weighted by Gasteiger charge is 2.23. The number of para-hydroxylation sites is 2. The zero-order valence-corrected chi connectivity index (χ0v) is 14.6. The molecule has 1 fully saturated rings. The van der Waals surface area contributed by atoms with Gasteiger partial charge in [-0.05, 0) is 29.8 Å². The fraction of sp³-hybridized carbons (Fsp3) is 0.316. The fourth-order valence-corrected chi connectivity index (χ4v) is 3.29. The van der Waals surface area contributed by atoms with Crippen LogP contribution in [-0.2, 0) is 4.74 Å². The molecule has 1 unspecified atom stereocenters. The number of hydrogen-bond acceptors (Lipinski definition) is 5. The standard InChI is InChI=1S/C19H20ClN3O2/c20-15-7-5-14(6-8-15)17(23-9-11-24-12-10-23)13-21-19-22-16-3-1-2-4-18(16)25-19/h1-8,17H,9-13H2,(H,21,22). The van der Waals surface area contributed by atoms with Crippen LogP contribution >= 0.6 is 11.6 Å². The molecular weight excluding hydrogens is 338 g/mol. The Hall–Kier alpha value is -2.08. The molecule has 0 bridgehead atoms. The van der Waals surface area contributed by atoms with E-state index in [9.17, 15) is 0 Å². The van der Waals surface area contributed by atoms with E-state index in [4.69, 9.17) is 20.8 Å². The Labute approximate surface area is 151 Å². The van der Waals surface area contributed by atoms with Gasteiger partial charge in [0.15, 0.2) is 5.58 Å². The predicted molar refractivity (Wildman–Crippen MR) is 99.1 cm³/mol. The number of morpholine rings is 1. The summed E-state index contributed by atoms with van der Waals surface area (Å²) in [6.07, 6.45) is 0. The van der Waals surface area contributed by atoms with Gasteiger partial charge < -0.3 is 14.5 Å². The lowest BCUT2D eigenvalue weighted by atomic mass is 10.0. The minimum absolute atomic E-state index is 0.205. The summed E-state index contributed by atoms with van der Waals surface area (Å²) in [6, 6.07) is 16.6. The Morgan fingerprint density at radius 1 is 1.08 bits per heavy atom. The average molecular weight is 358 g/mol. The minimum atomic E-state index is 0.205. The lowest BCUT2D eigenvalue weighted by Gasteiger charge is -2.34. The van der Waals surface area contributed by atoms with Crippen molar-refractivity contribution in [3.63, 3.8) is 0 Å². The number of nitrogens with one attached hydrogen (secondary N) is 1. The largest absolute Gasteiger partial charge is 0.424 e. The van der Waals surface area contributed by atoms with Crippen LogP contribution < -0.4 is 5.32 Å². The lowest BCUT2D eigenvalue weighted by Crippen LogP contribution is -2.41. The number of halogens is 1. The number of hydrogen-bond donors (Lipinski definition) is 1. The summed E-state index contributed by atoms with van der Waals surface area (Å²) in [4.78, 5) is 6.91. The number of rotatable bonds is 5. The topological polar surface area (TPSA) is 50.5 Å². The lowest BCUT2D eigenvalue weighted by molar-refractivity contribution is 0.0186. The van der Waals surface area contributed by atoms with Gasteiger partial charge in [-0.15, -0.1) is 0 Å². The fourth-order valence-electron chi connectivity index (χ4n) is 3.16. The summed E-state index contributed by atoms with van der Waals surface area (Å²) >= 11 is 6.05. The molecule has 3 aromatic rings. The second kappa shape index (κ2) is 7.44. The van der Waals surface area contributed by atoms with Crippen LogP contribution in [0.15, 0.2) is 52.9 Å². The van der Waals surface area contributed by atoms with Crippen LogP contribution in [0.1, 0.15) is 11.6 Å². The van der Waals surface area contributed by atoms with Crippen LogP contribution in [0.25, 0.3) is 11.1 Å². The van der Waals surface area contributed by atoms with Gasteiger partial charge in [-0.25, -0.2) is 0 Å². The van der Waals surface area contributed by atoms with E-state index in [0.29, 0.717) is 12.6 Å². The van der Waals surface area contributed by atoms with E-state index in [1.807, 2.05) is 36.4 Å². The SMILES string of the molecule is Clc1ccc(C(CNc2nc3ccccc3o2)N2CCOCC2)cc1. The molecule has 5 nitrogen and oxygen atoms in total. The van der Waals surface area contributed by atoms with Crippen molar-refractivity contribution in [3.05, 3.63) is 59.1 Å². The number of benzene rings is 2. The maximum absolute atomic E-state index is 6.05. The van der Waals surface area contributed by atoms with Gasteiger partial charge in [0.25, 0.3) is 6.01 Å². The van der Waals surface area contributed by atoms with Crippen LogP contribution in [0.3, 0.4) is 0 Å². The Kier molecular flexibility index (Phi) is 4.88. The molecule has 0 amide bonds.